The first-order chi connectivity index (χ1) is 14.9. The van der Waals surface area contributed by atoms with Crippen LogP contribution in [0.2, 0.25) is 0 Å². The number of hydrogen-bond acceptors (Lipinski definition) is 6. The minimum atomic E-state index is -0.469. The number of hydrogen-bond donors (Lipinski definition) is 1. The number of rotatable bonds is 3. The maximum atomic E-state index is 4.92. The second-order valence-corrected chi connectivity index (χ2v) is 13.4. The second kappa shape index (κ2) is 7.75. The highest BCUT2D eigenvalue weighted by molar-refractivity contribution is 8.32. The quantitative estimate of drug-likeness (QED) is 0.503. The topological polar surface area (TPSA) is 81.4 Å². The van der Waals surface area contributed by atoms with E-state index in [0.717, 1.165) is 39.0 Å². The predicted octanol–water partition coefficient (Wildman–Crippen LogP) is 4.69. The summed E-state index contributed by atoms with van der Waals surface area (Å²) in [6, 6.07) is 4.04. The van der Waals surface area contributed by atoms with Gasteiger partial charge in [-0.15, -0.1) is 0 Å². The van der Waals surface area contributed by atoms with Crippen LogP contribution in [-0.4, -0.2) is 53.7 Å². The summed E-state index contributed by atoms with van der Waals surface area (Å²) in [4.78, 5) is 18.3. The molecule has 1 N–H and O–H groups in total. The molecule has 0 saturated carbocycles. The molecule has 162 valence electrons. The van der Waals surface area contributed by atoms with Gasteiger partial charge in [0.25, 0.3) is 0 Å². The number of anilines is 2. The van der Waals surface area contributed by atoms with Crippen molar-refractivity contribution in [2.75, 3.05) is 29.3 Å². The molecule has 4 aromatic rings. The average Bonchev–Trinajstić information content (AvgIpc) is 2.95. The lowest BCUT2D eigenvalue weighted by Crippen LogP contribution is -2.05. The van der Waals surface area contributed by atoms with E-state index in [1.54, 1.807) is 12.4 Å². The summed E-state index contributed by atoms with van der Waals surface area (Å²) in [5.41, 5.74) is 6.84. The number of fused-ring (bicyclic) bond motifs is 2. The van der Waals surface area contributed by atoms with Gasteiger partial charge in [-0.25, -0.2) is 20.0 Å². The molecule has 0 amide bonds. The molecule has 1 unspecified atom stereocenters. The molecule has 7 nitrogen and oxygen atoms in total. The van der Waals surface area contributed by atoms with Crippen LogP contribution in [0.3, 0.4) is 0 Å². The monoisotopic (exact) mass is 435 g/mol. The van der Waals surface area contributed by atoms with E-state index in [1.165, 1.54) is 30.8 Å². The molecule has 8 heteroatoms. The van der Waals surface area contributed by atoms with E-state index in [4.69, 9.17) is 10.1 Å². The lowest BCUT2D eigenvalue weighted by Gasteiger charge is -2.29. The van der Waals surface area contributed by atoms with Crippen LogP contribution in [0.5, 0.6) is 0 Å². The number of nitrogens with one attached hydrogen (secondary N) is 1. The smallest absolute Gasteiger partial charge is 0.227 e. The third kappa shape index (κ3) is 3.96. The lowest BCUT2D eigenvalue weighted by molar-refractivity contribution is 0.586. The molecule has 1 atom stereocenters. The van der Waals surface area contributed by atoms with Gasteiger partial charge < -0.3 is 5.32 Å². The molecule has 0 aliphatic carbocycles. The van der Waals surface area contributed by atoms with Crippen LogP contribution in [-0.2, 0) is 7.05 Å². The first-order valence-corrected chi connectivity index (χ1v) is 13.6. The maximum Gasteiger partial charge on any atom is 0.227 e. The van der Waals surface area contributed by atoms with Crippen molar-refractivity contribution in [1.29, 1.82) is 0 Å². The molecular formula is C23H29N7S. The predicted molar refractivity (Wildman–Crippen MR) is 130 cm³/mol. The highest BCUT2D eigenvalue weighted by atomic mass is 32.3. The molecule has 0 radical (unpaired) electrons. The summed E-state index contributed by atoms with van der Waals surface area (Å²) in [6.45, 7) is 2.06. The van der Waals surface area contributed by atoms with E-state index in [0.29, 0.717) is 11.9 Å². The molecule has 0 spiro atoms. The fraction of sp³-hybridized carbons (Fsp3) is 0.435. The minimum Gasteiger partial charge on any atom is -0.324 e. The van der Waals surface area contributed by atoms with Crippen molar-refractivity contribution < 1.29 is 0 Å². The standard InChI is InChI=1S/C23H29N7S/c1-15-12-18-19(25-9-8-24-18)13-17(15)27-23-26-14-20-22(28-23)21(29-30(20)2)16-6-5-10-31(3,4)11-7-16/h8-9,12-14,16H,5-7,10-11H2,1-4H3,(H,26,27,28). The molecular weight excluding hydrogens is 406 g/mol. The Balaban J connectivity index is 1.50. The largest absolute Gasteiger partial charge is 0.324 e. The average molecular weight is 436 g/mol. The Morgan fingerprint density at radius 1 is 1.03 bits per heavy atom. The molecule has 3 aromatic heterocycles. The fourth-order valence-corrected chi connectivity index (χ4v) is 6.55. The Kier molecular flexibility index (Phi) is 5.04. The van der Waals surface area contributed by atoms with Gasteiger partial charge in [0, 0.05) is 31.0 Å². The Morgan fingerprint density at radius 2 is 1.81 bits per heavy atom. The Labute approximate surface area is 184 Å². The molecule has 1 aromatic carbocycles. The highest BCUT2D eigenvalue weighted by Gasteiger charge is 2.26. The van der Waals surface area contributed by atoms with E-state index in [9.17, 15) is 0 Å². The van der Waals surface area contributed by atoms with Crippen molar-refractivity contribution in [3.05, 3.63) is 42.0 Å². The molecule has 4 heterocycles. The van der Waals surface area contributed by atoms with Crippen LogP contribution >= 0.6 is 10.0 Å². The van der Waals surface area contributed by atoms with Crippen molar-refractivity contribution in [3.63, 3.8) is 0 Å². The van der Waals surface area contributed by atoms with Gasteiger partial charge >= 0.3 is 0 Å². The number of aryl methyl sites for hydroxylation is 2. The Hall–Kier alpha value is -2.74. The summed E-state index contributed by atoms with van der Waals surface area (Å²) >= 11 is 0. The minimum absolute atomic E-state index is 0.469. The van der Waals surface area contributed by atoms with Crippen molar-refractivity contribution >= 4 is 43.7 Å². The molecule has 1 saturated heterocycles. The van der Waals surface area contributed by atoms with E-state index in [-0.39, 0.29) is 0 Å². The SMILES string of the molecule is Cc1cc2nccnc2cc1Nc1ncc2c(n1)c(C1CCCS(C)(C)CC1)nn2C. The third-order valence-corrected chi connectivity index (χ3v) is 9.07. The van der Waals surface area contributed by atoms with Crippen LogP contribution in [0.4, 0.5) is 11.6 Å². The normalized spacial score (nSPS) is 19.9. The zero-order valence-corrected chi connectivity index (χ0v) is 19.4. The van der Waals surface area contributed by atoms with Gasteiger partial charge in [0.1, 0.15) is 11.0 Å². The van der Waals surface area contributed by atoms with Gasteiger partial charge in [-0.3, -0.25) is 14.6 Å². The van der Waals surface area contributed by atoms with E-state index >= 15 is 0 Å². The zero-order valence-electron chi connectivity index (χ0n) is 18.6. The van der Waals surface area contributed by atoms with Gasteiger partial charge in [0.05, 0.1) is 22.9 Å². The summed E-state index contributed by atoms with van der Waals surface area (Å²) in [5, 5.41) is 8.29. The Bertz CT molecular complexity index is 1260. The van der Waals surface area contributed by atoms with Crippen molar-refractivity contribution in [2.45, 2.75) is 32.1 Å². The van der Waals surface area contributed by atoms with Crippen LogP contribution in [0.1, 0.15) is 36.4 Å². The molecule has 1 fully saturated rings. The van der Waals surface area contributed by atoms with E-state index < -0.39 is 10.0 Å². The molecule has 5 rings (SSSR count). The van der Waals surface area contributed by atoms with Crippen molar-refractivity contribution in [3.8, 4) is 0 Å². The van der Waals surface area contributed by atoms with Crippen molar-refractivity contribution in [2.24, 2.45) is 7.05 Å². The van der Waals surface area contributed by atoms with Crippen molar-refractivity contribution in [1.82, 2.24) is 29.7 Å². The lowest BCUT2D eigenvalue weighted by atomic mass is 9.96. The van der Waals surface area contributed by atoms with E-state index in [1.807, 2.05) is 30.1 Å². The summed E-state index contributed by atoms with van der Waals surface area (Å²) in [5.74, 6) is 3.73. The van der Waals surface area contributed by atoms with Crippen LogP contribution in [0, 0.1) is 6.92 Å². The fourth-order valence-electron chi connectivity index (χ4n) is 4.47. The van der Waals surface area contributed by atoms with Crippen LogP contribution in [0.15, 0.2) is 30.7 Å². The van der Waals surface area contributed by atoms with Gasteiger partial charge in [-0.05, 0) is 67.9 Å². The zero-order chi connectivity index (χ0) is 21.6. The van der Waals surface area contributed by atoms with Crippen LogP contribution < -0.4 is 5.32 Å². The summed E-state index contributed by atoms with van der Waals surface area (Å²) in [7, 11) is 1.52. The van der Waals surface area contributed by atoms with E-state index in [2.05, 4.69) is 39.7 Å². The first kappa shape index (κ1) is 20.2. The number of nitrogens with zero attached hydrogens (tertiary/aromatic N) is 6. The van der Waals surface area contributed by atoms with Gasteiger partial charge in [-0.1, -0.05) is 0 Å². The Morgan fingerprint density at radius 3 is 2.61 bits per heavy atom. The van der Waals surface area contributed by atoms with Gasteiger partial charge in [-0.2, -0.15) is 5.10 Å². The maximum absolute atomic E-state index is 4.92. The summed E-state index contributed by atoms with van der Waals surface area (Å²) < 4.78 is 1.92. The number of benzene rings is 1. The second-order valence-electron chi connectivity index (χ2n) is 9.08. The van der Waals surface area contributed by atoms with Crippen LogP contribution in [0.25, 0.3) is 22.1 Å². The number of aromatic nitrogens is 6. The molecule has 1 aliphatic heterocycles. The molecule has 31 heavy (non-hydrogen) atoms. The third-order valence-electron chi connectivity index (χ3n) is 6.34. The molecule has 0 bridgehead atoms. The highest BCUT2D eigenvalue weighted by Crippen LogP contribution is 2.47. The summed E-state index contributed by atoms with van der Waals surface area (Å²) in [6.07, 6.45) is 13.9. The molecule has 1 aliphatic rings. The first-order valence-electron chi connectivity index (χ1n) is 10.8. The van der Waals surface area contributed by atoms with Gasteiger partial charge in [0.15, 0.2) is 0 Å². The van der Waals surface area contributed by atoms with Gasteiger partial charge in [0.2, 0.25) is 5.95 Å².